The number of methoxy groups -OCH3 is 2. The van der Waals surface area contributed by atoms with Gasteiger partial charge < -0.3 is 13.9 Å². The first kappa shape index (κ1) is 22.5. The molecule has 0 bridgehead atoms. The Morgan fingerprint density at radius 3 is 2.73 bits per heavy atom. The van der Waals surface area contributed by atoms with Crippen LogP contribution in [-0.4, -0.2) is 29.7 Å². The summed E-state index contributed by atoms with van der Waals surface area (Å²) in [5.41, 5.74) is 0.528. The molecule has 4 rings (SSSR count). The zero-order valence-corrected chi connectivity index (χ0v) is 19.1. The molecule has 0 aliphatic carbocycles. The molecule has 33 heavy (non-hydrogen) atoms. The van der Waals surface area contributed by atoms with Gasteiger partial charge in [0.05, 0.1) is 36.1 Å². The number of hydrogen-bond donors (Lipinski definition) is 0. The number of carbonyl (C=O) groups excluding carboxylic acids is 1. The van der Waals surface area contributed by atoms with E-state index in [1.54, 1.807) is 25.1 Å². The van der Waals surface area contributed by atoms with Crippen molar-refractivity contribution < 1.29 is 23.6 Å². The molecule has 3 aromatic rings. The lowest BCUT2D eigenvalue weighted by Gasteiger charge is -2.25. The maximum atomic E-state index is 13.4. The third-order valence-electron chi connectivity index (χ3n) is 4.98. The third kappa shape index (κ3) is 3.96. The van der Waals surface area contributed by atoms with Crippen molar-refractivity contribution in [2.45, 2.75) is 13.0 Å². The Morgan fingerprint density at radius 2 is 2.09 bits per heavy atom. The molecule has 0 fully saturated rings. The minimum atomic E-state index is -0.921. The Labute approximate surface area is 194 Å². The van der Waals surface area contributed by atoms with E-state index in [2.05, 4.69) is 4.99 Å². The summed E-state index contributed by atoms with van der Waals surface area (Å²) in [7, 11) is 2.71. The standard InChI is InChI=1S/C21H16ClN3O7S/c1-10-17(20(27)31-3)18(13-8-11(22)4-6-14(13)30-2)24-19(26)15(33-21(24)23-10)9-12-5-7-16(32-12)25(28)29/h4-9,18H,1-3H3/b15-9+. The minimum Gasteiger partial charge on any atom is -0.496 e. The van der Waals surface area contributed by atoms with Crippen LogP contribution in [0.3, 0.4) is 0 Å². The number of rotatable bonds is 5. The molecule has 0 spiro atoms. The minimum absolute atomic E-state index is 0.132. The van der Waals surface area contributed by atoms with E-state index in [0.29, 0.717) is 26.8 Å². The van der Waals surface area contributed by atoms with E-state index in [-0.39, 0.29) is 15.9 Å². The van der Waals surface area contributed by atoms with E-state index >= 15 is 0 Å². The molecule has 1 unspecified atom stereocenters. The number of nitrogens with zero attached hydrogens (tertiary/aromatic N) is 3. The number of hydrogen-bond acceptors (Lipinski definition) is 9. The SMILES string of the molecule is COC(=O)C1=C(C)N=c2s/c(=C/c3ccc([N+](=O)[O-])o3)c(=O)n2C1c1cc(Cl)ccc1OC. The van der Waals surface area contributed by atoms with Crippen LogP contribution >= 0.6 is 22.9 Å². The molecule has 0 radical (unpaired) electrons. The molecule has 12 heteroatoms. The molecule has 1 aliphatic heterocycles. The number of carbonyl (C=O) groups is 1. The Morgan fingerprint density at radius 1 is 1.33 bits per heavy atom. The Bertz CT molecular complexity index is 1500. The molecule has 1 aliphatic rings. The van der Waals surface area contributed by atoms with E-state index in [4.69, 9.17) is 25.5 Å². The van der Waals surface area contributed by atoms with Crippen LogP contribution < -0.4 is 19.6 Å². The summed E-state index contributed by atoms with van der Waals surface area (Å²) in [6.07, 6.45) is 1.39. The van der Waals surface area contributed by atoms with E-state index < -0.39 is 28.4 Å². The fourth-order valence-corrected chi connectivity index (χ4v) is 4.76. The van der Waals surface area contributed by atoms with E-state index in [1.165, 1.54) is 37.0 Å². The van der Waals surface area contributed by atoms with Gasteiger partial charge in [-0.25, -0.2) is 9.79 Å². The number of halogens is 1. The summed E-state index contributed by atoms with van der Waals surface area (Å²) in [5.74, 6) is -0.553. The topological polar surface area (TPSA) is 126 Å². The van der Waals surface area contributed by atoms with Crippen LogP contribution in [0.1, 0.15) is 24.3 Å². The average Bonchev–Trinajstić information content (AvgIpc) is 3.37. The van der Waals surface area contributed by atoms with Gasteiger partial charge in [-0.05, 0) is 31.2 Å². The predicted molar refractivity (Wildman–Crippen MR) is 119 cm³/mol. The maximum Gasteiger partial charge on any atom is 0.433 e. The van der Waals surface area contributed by atoms with Gasteiger partial charge in [-0.2, -0.15) is 0 Å². The summed E-state index contributed by atoms with van der Waals surface area (Å²) in [5, 5.41) is 11.3. The van der Waals surface area contributed by atoms with Gasteiger partial charge in [-0.3, -0.25) is 19.5 Å². The number of fused-ring (bicyclic) bond motifs is 1. The maximum absolute atomic E-state index is 13.4. The Hall–Kier alpha value is -3.70. The van der Waals surface area contributed by atoms with Gasteiger partial charge in [0.25, 0.3) is 5.56 Å². The van der Waals surface area contributed by atoms with Gasteiger partial charge in [0.15, 0.2) is 4.80 Å². The van der Waals surface area contributed by atoms with Crippen LogP contribution in [0.25, 0.3) is 6.08 Å². The summed E-state index contributed by atoms with van der Waals surface area (Å²) < 4.78 is 17.1. The highest BCUT2D eigenvalue weighted by atomic mass is 35.5. The van der Waals surface area contributed by atoms with Crippen LogP contribution in [0.5, 0.6) is 5.75 Å². The first-order chi connectivity index (χ1) is 15.7. The number of aromatic nitrogens is 1. The molecule has 0 saturated carbocycles. The molecule has 0 amide bonds. The second kappa shape index (κ2) is 8.68. The monoisotopic (exact) mass is 489 g/mol. The van der Waals surface area contributed by atoms with Crippen molar-refractivity contribution in [3.8, 4) is 5.75 Å². The first-order valence-electron chi connectivity index (χ1n) is 9.43. The summed E-state index contributed by atoms with van der Waals surface area (Å²) in [4.78, 5) is 41.1. The fraction of sp³-hybridized carbons (Fsp3) is 0.190. The molecule has 0 N–H and O–H groups in total. The van der Waals surface area contributed by atoms with Crippen molar-refractivity contribution in [1.82, 2.24) is 4.57 Å². The average molecular weight is 490 g/mol. The van der Waals surface area contributed by atoms with E-state index in [0.717, 1.165) is 11.3 Å². The van der Waals surface area contributed by atoms with Crippen LogP contribution in [0.15, 0.2) is 55.8 Å². The van der Waals surface area contributed by atoms with Gasteiger partial charge in [0.2, 0.25) is 0 Å². The molecular formula is C21H16ClN3O7S. The van der Waals surface area contributed by atoms with Crippen molar-refractivity contribution in [2.75, 3.05) is 14.2 Å². The lowest BCUT2D eigenvalue weighted by Crippen LogP contribution is -2.40. The highest BCUT2D eigenvalue weighted by Crippen LogP contribution is 2.37. The fourth-order valence-electron chi connectivity index (χ4n) is 3.55. The predicted octanol–water partition coefficient (Wildman–Crippen LogP) is 2.57. The van der Waals surface area contributed by atoms with Crippen LogP contribution in [0.2, 0.25) is 5.02 Å². The lowest BCUT2D eigenvalue weighted by atomic mass is 9.95. The molecule has 1 atom stereocenters. The number of furan rings is 1. The van der Waals surface area contributed by atoms with Crippen molar-refractivity contribution in [3.63, 3.8) is 0 Å². The summed E-state index contributed by atoms with van der Waals surface area (Å²) in [6, 6.07) is 6.54. The number of thiazole rings is 1. The Kier molecular flexibility index (Phi) is 5.91. The summed E-state index contributed by atoms with van der Waals surface area (Å²) in [6.45, 7) is 1.64. The van der Waals surface area contributed by atoms with Gasteiger partial charge in [0.1, 0.15) is 22.5 Å². The second-order valence-corrected chi connectivity index (χ2v) is 8.34. The number of nitro groups is 1. The molecule has 10 nitrogen and oxygen atoms in total. The summed E-state index contributed by atoms with van der Waals surface area (Å²) >= 11 is 7.28. The lowest BCUT2D eigenvalue weighted by molar-refractivity contribution is -0.402. The quantitative estimate of drug-likeness (QED) is 0.306. The van der Waals surface area contributed by atoms with E-state index in [1.807, 2.05) is 0 Å². The molecule has 3 heterocycles. The number of ether oxygens (including phenoxy) is 2. The van der Waals surface area contributed by atoms with Gasteiger partial charge in [-0.1, -0.05) is 22.9 Å². The smallest absolute Gasteiger partial charge is 0.433 e. The van der Waals surface area contributed by atoms with Gasteiger partial charge in [0, 0.05) is 16.7 Å². The third-order valence-corrected chi connectivity index (χ3v) is 6.20. The number of allylic oxidation sites excluding steroid dienone is 1. The highest BCUT2D eigenvalue weighted by Gasteiger charge is 2.35. The largest absolute Gasteiger partial charge is 0.496 e. The van der Waals surface area contributed by atoms with Crippen molar-refractivity contribution in [2.24, 2.45) is 4.99 Å². The van der Waals surface area contributed by atoms with Crippen LogP contribution in [0.4, 0.5) is 5.88 Å². The zero-order chi connectivity index (χ0) is 23.9. The molecule has 1 aromatic carbocycles. The normalized spacial score (nSPS) is 15.8. The van der Waals surface area contributed by atoms with Crippen molar-refractivity contribution >= 4 is 40.9 Å². The highest BCUT2D eigenvalue weighted by molar-refractivity contribution is 7.07. The van der Waals surface area contributed by atoms with Crippen molar-refractivity contribution in [3.05, 3.63) is 87.8 Å². The Balaban J connectivity index is 2.00. The zero-order valence-electron chi connectivity index (χ0n) is 17.5. The van der Waals surface area contributed by atoms with Crippen LogP contribution in [0, 0.1) is 10.1 Å². The number of esters is 1. The van der Waals surface area contributed by atoms with Gasteiger partial charge in [-0.15, -0.1) is 0 Å². The molecule has 2 aromatic heterocycles. The first-order valence-corrected chi connectivity index (χ1v) is 10.6. The van der Waals surface area contributed by atoms with E-state index in [9.17, 15) is 19.7 Å². The molecular weight excluding hydrogens is 474 g/mol. The molecule has 0 saturated heterocycles. The second-order valence-electron chi connectivity index (χ2n) is 6.89. The van der Waals surface area contributed by atoms with Gasteiger partial charge >= 0.3 is 11.9 Å². The number of benzene rings is 1. The van der Waals surface area contributed by atoms with Crippen LogP contribution in [-0.2, 0) is 9.53 Å². The van der Waals surface area contributed by atoms with Crippen molar-refractivity contribution in [1.29, 1.82) is 0 Å². The molecule has 170 valence electrons.